The van der Waals surface area contributed by atoms with Gasteiger partial charge < -0.3 is 25.2 Å². The molecule has 4 heterocycles. The van der Waals surface area contributed by atoms with Gasteiger partial charge in [-0.2, -0.15) is 13.2 Å². The molecule has 0 spiro atoms. The maximum absolute atomic E-state index is 13.7. The molecule has 0 bridgehead atoms. The molecule has 53 heavy (non-hydrogen) atoms. The maximum atomic E-state index is 13.7. The second-order valence-corrected chi connectivity index (χ2v) is 13.2. The summed E-state index contributed by atoms with van der Waals surface area (Å²) < 4.78 is 45.0. The number of aromatic nitrogens is 2. The van der Waals surface area contributed by atoms with Crippen molar-refractivity contribution in [3.05, 3.63) is 107 Å². The highest BCUT2D eigenvalue weighted by Gasteiger charge is 2.30. The molecule has 2 aromatic heterocycles. The highest BCUT2D eigenvalue weighted by atomic mass is 19.4. The lowest BCUT2D eigenvalue weighted by molar-refractivity contribution is -0.137. The van der Waals surface area contributed by atoms with Crippen molar-refractivity contribution < 1.29 is 32.3 Å². The molecule has 11 nitrogen and oxygen atoms in total. The number of ether oxygens (including phenoxy) is 1. The van der Waals surface area contributed by atoms with E-state index in [2.05, 4.69) is 25.5 Å². The Morgan fingerprint density at radius 2 is 1.66 bits per heavy atom. The van der Waals surface area contributed by atoms with Crippen LogP contribution in [0.2, 0.25) is 0 Å². The van der Waals surface area contributed by atoms with Gasteiger partial charge in [-0.25, -0.2) is 4.98 Å². The number of likely N-dealkylation sites (N-methyl/N-ethyl adjacent to an activating group) is 1. The largest absolute Gasteiger partial charge is 0.416 e. The summed E-state index contributed by atoms with van der Waals surface area (Å²) in [6.07, 6.45) is 0.262. The number of pyridine rings is 2. The Morgan fingerprint density at radius 3 is 2.43 bits per heavy atom. The number of benzene rings is 2. The molecule has 0 aliphatic carbocycles. The van der Waals surface area contributed by atoms with Crippen molar-refractivity contribution in [2.75, 3.05) is 63.2 Å². The van der Waals surface area contributed by atoms with Crippen LogP contribution in [0.15, 0.2) is 79.0 Å². The Morgan fingerprint density at radius 1 is 0.887 bits per heavy atom. The van der Waals surface area contributed by atoms with E-state index in [1.54, 1.807) is 42.3 Å². The molecule has 2 aliphatic rings. The molecule has 6 rings (SSSR count). The fraction of sp³-hybridized carbons (Fsp3) is 0.359. The Labute approximate surface area is 306 Å². The van der Waals surface area contributed by atoms with Crippen LogP contribution in [0.5, 0.6) is 0 Å². The van der Waals surface area contributed by atoms with Crippen molar-refractivity contribution in [2.24, 2.45) is 0 Å². The van der Waals surface area contributed by atoms with E-state index in [1.807, 2.05) is 17.0 Å². The zero-order valence-electron chi connectivity index (χ0n) is 29.5. The first kappa shape index (κ1) is 37.4. The number of nitrogens with one attached hydrogen (secondary N) is 2. The number of anilines is 2. The summed E-state index contributed by atoms with van der Waals surface area (Å²) in [5, 5.41) is 5.67. The Balaban J connectivity index is 1.20. The van der Waals surface area contributed by atoms with Crippen LogP contribution in [0.4, 0.5) is 24.5 Å². The van der Waals surface area contributed by atoms with Gasteiger partial charge in [-0.3, -0.25) is 24.3 Å². The lowest BCUT2D eigenvalue weighted by Crippen LogP contribution is -2.43. The quantitative estimate of drug-likeness (QED) is 0.204. The van der Waals surface area contributed by atoms with Crippen LogP contribution in [0.25, 0.3) is 11.3 Å². The van der Waals surface area contributed by atoms with E-state index in [4.69, 9.17) is 4.74 Å². The number of hydrogen-bond acceptors (Lipinski definition) is 8. The highest BCUT2D eigenvalue weighted by Crippen LogP contribution is 2.33. The summed E-state index contributed by atoms with van der Waals surface area (Å²) in [4.78, 5) is 54.7. The number of hydrogen-bond donors (Lipinski definition) is 2. The van der Waals surface area contributed by atoms with Gasteiger partial charge in [0.25, 0.3) is 11.8 Å². The van der Waals surface area contributed by atoms with Gasteiger partial charge in [0.05, 0.1) is 48.9 Å². The number of carbonyl (C=O) groups is 3. The van der Waals surface area contributed by atoms with Gasteiger partial charge in [0, 0.05) is 62.8 Å². The van der Waals surface area contributed by atoms with Crippen LogP contribution in [0, 0.1) is 0 Å². The van der Waals surface area contributed by atoms with Crippen LogP contribution >= 0.6 is 0 Å². The number of piperidine rings is 1. The highest BCUT2D eigenvalue weighted by molar-refractivity contribution is 6.05. The zero-order valence-corrected chi connectivity index (χ0v) is 29.5. The second kappa shape index (κ2) is 17.0. The molecule has 2 aliphatic heterocycles. The first-order valence-corrected chi connectivity index (χ1v) is 17.6. The monoisotopic (exact) mass is 729 g/mol. The average molecular weight is 730 g/mol. The number of morpholine rings is 1. The van der Waals surface area contributed by atoms with Gasteiger partial charge in [-0.1, -0.05) is 18.2 Å². The van der Waals surface area contributed by atoms with Gasteiger partial charge >= 0.3 is 6.18 Å². The predicted octanol–water partition coefficient (Wildman–Crippen LogP) is 5.63. The van der Waals surface area contributed by atoms with Gasteiger partial charge in [0.2, 0.25) is 5.91 Å². The van der Waals surface area contributed by atoms with Crippen molar-refractivity contribution in [3.8, 4) is 11.3 Å². The van der Waals surface area contributed by atoms with Gasteiger partial charge in [-0.15, -0.1) is 0 Å². The van der Waals surface area contributed by atoms with E-state index in [0.29, 0.717) is 54.5 Å². The SMILES string of the molecule is CN(Cc1cccc(C(=O)Nc2ccc(N3CCCCC3)cc2-c2cc(C(=O)NCc3cccc(C(F)(F)F)c3)ccn2)n1)C(=O)CN1CCOCC1. The molecule has 4 aromatic rings. The van der Waals surface area contributed by atoms with Crippen molar-refractivity contribution in [3.63, 3.8) is 0 Å². The lowest BCUT2D eigenvalue weighted by Gasteiger charge is -2.29. The number of nitrogens with zero attached hydrogens (tertiary/aromatic N) is 5. The van der Waals surface area contributed by atoms with E-state index < -0.39 is 23.6 Å². The molecule has 2 saturated heterocycles. The number of alkyl halides is 3. The Hall–Kier alpha value is -5.34. The van der Waals surface area contributed by atoms with E-state index in [-0.39, 0.29) is 36.8 Å². The summed E-state index contributed by atoms with van der Waals surface area (Å²) in [6, 6.07) is 18.7. The number of halogens is 3. The van der Waals surface area contributed by atoms with Crippen LogP contribution in [-0.2, 0) is 28.8 Å². The maximum Gasteiger partial charge on any atom is 0.416 e. The molecular formula is C39H42F3N7O4. The molecule has 0 radical (unpaired) electrons. The van der Waals surface area contributed by atoms with E-state index in [1.165, 1.54) is 24.4 Å². The minimum absolute atomic E-state index is 0.0546. The van der Waals surface area contributed by atoms with E-state index in [0.717, 1.165) is 50.2 Å². The lowest BCUT2D eigenvalue weighted by atomic mass is 10.0. The fourth-order valence-corrected chi connectivity index (χ4v) is 6.35. The first-order chi connectivity index (χ1) is 25.5. The third kappa shape index (κ3) is 9.96. The van der Waals surface area contributed by atoms with Crippen LogP contribution in [0.3, 0.4) is 0 Å². The van der Waals surface area contributed by atoms with Crippen molar-refractivity contribution in [1.29, 1.82) is 0 Å². The minimum Gasteiger partial charge on any atom is -0.379 e. The molecule has 0 atom stereocenters. The molecular weight excluding hydrogens is 687 g/mol. The molecule has 14 heteroatoms. The zero-order chi connectivity index (χ0) is 37.4. The number of rotatable bonds is 11. The van der Waals surface area contributed by atoms with Gasteiger partial charge in [0.15, 0.2) is 0 Å². The van der Waals surface area contributed by atoms with Crippen molar-refractivity contribution >= 4 is 29.1 Å². The van der Waals surface area contributed by atoms with E-state index in [9.17, 15) is 27.6 Å². The Bertz CT molecular complexity index is 1930. The van der Waals surface area contributed by atoms with Crippen molar-refractivity contribution in [2.45, 2.75) is 38.5 Å². The molecule has 2 aromatic carbocycles. The second-order valence-electron chi connectivity index (χ2n) is 13.2. The third-order valence-electron chi connectivity index (χ3n) is 9.30. The van der Waals surface area contributed by atoms with Crippen LogP contribution < -0.4 is 15.5 Å². The first-order valence-electron chi connectivity index (χ1n) is 17.6. The van der Waals surface area contributed by atoms with Crippen LogP contribution in [0.1, 0.15) is 56.9 Å². The van der Waals surface area contributed by atoms with Crippen molar-refractivity contribution in [1.82, 2.24) is 25.1 Å². The fourth-order valence-electron chi connectivity index (χ4n) is 6.35. The normalized spacial score (nSPS) is 15.1. The smallest absolute Gasteiger partial charge is 0.379 e. The summed E-state index contributed by atoms with van der Waals surface area (Å²) in [7, 11) is 1.71. The molecule has 2 fully saturated rings. The predicted molar refractivity (Wildman–Crippen MR) is 194 cm³/mol. The third-order valence-corrected chi connectivity index (χ3v) is 9.30. The van der Waals surface area contributed by atoms with Gasteiger partial charge in [-0.05, 0) is 79.4 Å². The minimum atomic E-state index is -4.49. The molecule has 2 N–H and O–H groups in total. The van der Waals surface area contributed by atoms with Crippen LogP contribution in [-0.4, -0.2) is 90.5 Å². The molecule has 3 amide bonds. The number of carbonyl (C=O) groups excluding carboxylic acids is 3. The molecule has 0 saturated carbocycles. The summed E-state index contributed by atoms with van der Waals surface area (Å²) in [6.45, 7) is 4.78. The Kier molecular flexibility index (Phi) is 12.0. The summed E-state index contributed by atoms with van der Waals surface area (Å²) in [5.74, 6) is -1.00. The molecule has 278 valence electrons. The van der Waals surface area contributed by atoms with E-state index >= 15 is 0 Å². The number of amides is 3. The molecule has 0 unspecified atom stereocenters. The standard InChI is InChI=1S/C39H42F3N7O4/c1-47(36(50)26-48-17-19-53-20-18-48)25-30-9-6-10-34(45-30)38(52)46-33-12-11-31(49-15-3-2-4-16-49)23-32(33)35-22-28(13-14-43-35)37(51)44-24-27-7-5-8-29(21-27)39(40,41)42/h5-14,21-23H,2-4,15-20,24-26H2,1H3,(H,44,51)(H,46,52). The topological polar surface area (TPSA) is 120 Å². The summed E-state index contributed by atoms with van der Waals surface area (Å²) >= 11 is 0. The average Bonchev–Trinajstić information content (AvgIpc) is 3.17. The summed E-state index contributed by atoms with van der Waals surface area (Å²) in [5.41, 5.74) is 2.91. The van der Waals surface area contributed by atoms with Gasteiger partial charge in [0.1, 0.15) is 5.69 Å².